The summed E-state index contributed by atoms with van der Waals surface area (Å²) in [6.07, 6.45) is -0.159. The Kier molecular flexibility index (Phi) is 1.89. The summed E-state index contributed by atoms with van der Waals surface area (Å²) in [4.78, 5) is 0. The predicted molar refractivity (Wildman–Crippen MR) is 42.7 cm³/mol. The number of aliphatic hydroxyl groups excluding tert-OH is 3. The molecule has 2 unspecified atom stereocenters. The summed E-state index contributed by atoms with van der Waals surface area (Å²) >= 11 is 0. The lowest BCUT2D eigenvalue weighted by Gasteiger charge is -2.30. The van der Waals surface area contributed by atoms with Crippen LogP contribution in [-0.2, 0) is 0 Å². The second kappa shape index (κ2) is 2.50. The molecule has 1 aliphatic rings. The van der Waals surface area contributed by atoms with Crippen molar-refractivity contribution in [1.29, 1.82) is 0 Å². The largest absolute Gasteiger partial charge is 0.504 e. The summed E-state index contributed by atoms with van der Waals surface area (Å²) in [7, 11) is 0. The normalized spacial score (nSPS) is 36.7. The molecule has 0 heterocycles. The highest BCUT2D eigenvalue weighted by Crippen LogP contribution is 2.28. The third-order valence-corrected chi connectivity index (χ3v) is 2.01. The Morgan fingerprint density at radius 2 is 1.92 bits per heavy atom. The summed E-state index contributed by atoms with van der Waals surface area (Å²) in [5, 5.41) is 37.1. The highest BCUT2D eigenvalue weighted by Gasteiger charge is 2.36. The molecular formula is C8H12O4. The maximum absolute atomic E-state index is 9.47. The van der Waals surface area contributed by atoms with Crippen LogP contribution in [0.1, 0.15) is 13.8 Å². The average Bonchev–Trinajstić information content (AvgIpc) is 1.97. The lowest BCUT2D eigenvalue weighted by molar-refractivity contribution is -0.0142. The maximum Gasteiger partial charge on any atom is 0.158 e. The zero-order valence-electron chi connectivity index (χ0n) is 6.94. The first kappa shape index (κ1) is 9.09. The van der Waals surface area contributed by atoms with Gasteiger partial charge in [-0.05, 0) is 19.9 Å². The highest BCUT2D eigenvalue weighted by molar-refractivity contribution is 5.35. The van der Waals surface area contributed by atoms with Crippen molar-refractivity contribution in [3.05, 3.63) is 23.2 Å². The molecule has 0 saturated heterocycles. The minimum atomic E-state index is -1.51. The Bertz CT molecular complexity index is 262. The molecule has 4 N–H and O–H groups in total. The lowest BCUT2D eigenvalue weighted by atomic mass is 9.87. The fourth-order valence-corrected chi connectivity index (χ4v) is 1.19. The molecule has 0 fully saturated rings. The van der Waals surface area contributed by atoms with Crippen LogP contribution in [-0.4, -0.2) is 32.1 Å². The van der Waals surface area contributed by atoms with Crippen LogP contribution in [0.5, 0.6) is 0 Å². The van der Waals surface area contributed by atoms with Crippen molar-refractivity contribution < 1.29 is 20.4 Å². The van der Waals surface area contributed by atoms with Crippen molar-refractivity contribution in [3.8, 4) is 0 Å². The third-order valence-electron chi connectivity index (χ3n) is 2.01. The number of hydrogen-bond donors (Lipinski definition) is 4. The van der Waals surface area contributed by atoms with Gasteiger partial charge in [-0.2, -0.15) is 0 Å². The number of aliphatic hydroxyl groups is 4. The van der Waals surface area contributed by atoms with Crippen molar-refractivity contribution >= 4 is 0 Å². The molecule has 12 heavy (non-hydrogen) atoms. The molecule has 0 radical (unpaired) electrons. The molecule has 0 amide bonds. The zero-order chi connectivity index (χ0) is 9.52. The molecule has 0 aliphatic heterocycles. The van der Waals surface area contributed by atoms with Crippen molar-refractivity contribution in [2.45, 2.75) is 25.6 Å². The highest BCUT2D eigenvalue weighted by atomic mass is 16.4. The van der Waals surface area contributed by atoms with E-state index in [1.54, 1.807) is 0 Å². The van der Waals surface area contributed by atoms with Crippen LogP contribution < -0.4 is 0 Å². The first-order valence-corrected chi connectivity index (χ1v) is 3.58. The van der Waals surface area contributed by atoms with E-state index in [0.717, 1.165) is 6.08 Å². The van der Waals surface area contributed by atoms with E-state index < -0.39 is 17.5 Å². The van der Waals surface area contributed by atoms with E-state index in [1.807, 2.05) is 0 Å². The summed E-state index contributed by atoms with van der Waals surface area (Å²) < 4.78 is 0. The average molecular weight is 172 g/mol. The molecule has 2 atom stereocenters. The second-order valence-electron chi connectivity index (χ2n) is 3.19. The Hall–Kier alpha value is -1.00. The monoisotopic (exact) mass is 172 g/mol. The molecule has 0 aromatic rings. The van der Waals surface area contributed by atoms with E-state index in [9.17, 15) is 10.2 Å². The van der Waals surface area contributed by atoms with Crippen LogP contribution in [0.25, 0.3) is 0 Å². The SMILES string of the molecule is CC1=C(O)C(O)=CC(C)(O)C1O. The minimum Gasteiger partial charge on any atom is -0.504 e. The standard InChI is InChI=1S/C8H12O4/c1-4-6(10)5(9)3-8(2,12)7(4)11/h3,7,9-12H,1-2H3. The van der Waals surface area contributed by atoms with E-state index in [1.165, 1.54) is 13.8 Å². The molecular weight excluding hydrogens is 160 g/mol. The van der Waals surface area contributed by atoms with Gasteiger partial charge in [0.1, 0.15) is 11.7 Å². The van der Waals surface area contributed by atoms with Crippen LogP contribution in [0.4, 0.5) is 0 Å². The van der Waals surface area contributed by atoms with Crippen molar-refractivity contribution in [3.63, 3.8) is 0 Å². The van der Waals surface area contributed by atoms with Crippen molar-refractivity contribution in [1.82, 2.24) is 0 Å². The van der Waals surface area contributed by atoms with Crippen molar-refractivity contribution in [2.24, 2.45) is 0 Å². The fraction of sp³-hybridized carbons (Fsp3) is 0.500. The van der Waals surface area contributed by atoms with E-state index >= 15 is 0 Å². The molecule has 0 aromatic carbocycles. The van der Waals surface area contributed by atoms with Gasteiger partial charge in [-0.25, -0.2) is 0 Å². The summed E-state index contributed by atoms with van der Waals surface area (Å²) in [5.74, 6) is -0.767. The lowest BCUT2D eigenvalue weighted by Crippen LogP contribution is -2.41. The van der Waals surface area contributed by atoms with Crippen LogP contribution in [0.2, 0.25) is 0 Å². The first-order chi connectivity index (χ1) is 5.36. The number of rotatable bonds is 0. The first-order valence-electron chi connectivity index (χ1n) is 3.58. The van der Waals surface area contributed by atoms with Crippen LogP contribution in [0, 0.1) is 0 Å². The molecule has 68 valence electrons. The van der Waals surface area contributed by atoms with Gasteiger partial charge in [0.2, 0.25) is 0 Å². The molecule has 0 bridgehead atoms. The Morgan fingerprint density at radius 3 is 2.42 bits per heavy atom. The maximum atomic E-state index is 9.47. The van der Waals surface area contributed by atoms with Crippen LogP contribution in [0.3, 0.4) is 0 Å². The Balaban J connectivity index is 3.15. The van der Waals surface area contributed by atoms with Crippen LogP contribution in [0.15, 0.2) is 23.2 Å². The Labute approximate surface area is 70.1 Å². The minimum absolute atomic E-state index is 0.167. The molecule has 0 saturated carbocycles. The van der Waals surface area contributed by atoms with Gasteiger partial charge in [-0.15, -0.1) is 0 Å². The molecule has 4 nitrogen and oxygen atoms in total. The second-order valence-corrected chi connectivity index (χ2v) is 3.19. The van der Waals surface area contributed by atoms with Gasteiger partial charge >= 0.3 is 0 Å². The summed E-state index contributed by atoms with van der Waals surface area (Å²) in [6, 6.07) is 0. The van der Waals surface area contributed by atoms with Gasteiger partial charge in [0.25, 0.3) is 0 Å². The third kappa shape index (κ3) is 1.19. The molecule has 1 rings (SSSR count). The van der Waals surface area contributed by atoms with Gasteiger partial charge in [-0.1, -0.05) is 0 Å². The zero-order valence-corrected chi connectivity index (χ0v) is 6.94. The molecule has 4 heteroatoms. The summed E-state index contributed by atoms with van der Waals surface area (Å²) in [5.41, 5.74) is -1.35. The summed E-state index contributed by atoms with van der Waals surface area (Å²) in [6.45, 7) is 2.79. The van der Waals surface area contributed by atoms with Gasteiger partial charge in [0, 0.05) is 5.57 Å². The van der Waals surface area contributed by atoms with Crippen LogP contribution >= 0.6 is 0 Å². The van der Waals surface area contributed by atoms with Gasteiger partial charge in [-0.3, -0.25) is 0 Å². The quantitative estimate of drug-likeness (QED) is 0.426. The Morgan fingerprint density at radius 1 is 1.42 bits per heavy atom. The molecule has 1 aliphatic carbocycles. The van der Waals surface area contributed by atoms with Crippen molar-refractivity contribution in [2.75, 3.05) is 0 Å². The van der Waals surface area contributed by atoms with Gasteiger partial charge in [0.05, 0.1) is 0 Å². The van der Waals surface area contributed by atoms with E-state index in [4.69, 9.17) is 10.2 Å². The van der Waals surface area contributed by atoms with E-state index in [0.29, 0.717) is 0 Å². The smallest absolute Gasteiger partial charge is 0.158 e. The van der Waals surface area contributed by atoms with E-state index in [-0.39, 0.29) is 11.3 Å². The van der Waals surface area contributed by atoms with E-state index in [2.05, 4.69) is 0 Å². The predicted octanol–water partition coefficient (Wildman–Crippen LogP) is 0.386. The molecule has 0 spiro atoms. The number of hydrogen-bond acceptors (Lipinski definition) is 4. The molecule has 0 aromatic heterocycles. The fourth-order valence-electron chi connectivity index (χ4n) is 1.19. The topological polar surface area (TPSA) is 80.9 Å². The van der Waals surface area contributed by atoms with Gasteiger partial charge in [0.15, 0.2) is 11.5 Å². The van der Waals surface area contributed by atoms with Gasteiger partial charge < -0.3 is 20.4 Å².